The maximum Gasteiger partial charge on any atom is 0.407 e. The summed E-state index contributed by atoms with van der Waals surface area (Å²) in [4.78, 5) is 23.1. The molecule has 1 saturated carbocycles. The molecule has 1 amide bonds. The Morgan fingerprint density at radius 1 is 1.28 bits per heavy atom. The van der Waals surface area contributed by atoms with E-state index < -0.39 is 11.7 Å². The van der Waals surface area contributed by atoms with Crippen molar-refractivity contribution in [1.82, 2.24) is 5.32 Å². The van der Waals surface area contributed by atoms with E-state index in [9.17, 15) is 9.59 Å². The van der Waals surface area contributed by atoms with Gasteiger partial charge in [0, 0.05) is 6.54 Å². The van der Waals surface area contributed by atoms with Crippen LogP contribution in [0.4, 0.5) is 4.79 Å². The molecule has 0 atom stereocenters. The minimum atomic E-state index is -0.498. The fourth-order valence-electron chi connectivity index (χ4n) is 1.71. The molecule has 0 saturated heterocycles. The van der Waals surface area contributed by atoms with Gasteiger partial charge in [-0.15, -0.1) is 0 Å². The van der Waals surface area contributed by atoms with Crippen LogP contribution in [0.25, 0.3) is 0 Å². The molecule has 1 aliphatic carbocycles. The van der Waals surface area contributed by atoms with Gasteiger partial charge in [0.05, 0.1) is 12.0 Å². The van der Waals surface area contributed by atoms with E-state index in [2.05, 4.69) is 5.32 Å². The Labute approximate surface area is 108 Å². The van der Waals surface area contributed by atoms with Crippen LogP contribution in [0.1, 0.15) is 47.0 Å². The van der Waals surface area contributed by atoms with Gasteiger partial charge in [-0.2, -0.15) is 0 Å². The molecule has 0 aromatic heterocycles. The quantitative estimate of drug-likeness (QED) is 0.767. The van der Waals surface area contributed by atoms with Crippen molar-refractivity contribution >= 4 is 12.1 Å². The number of hydrogen-bond acceptors (Lipinski definition) is 4. The van der Waals surface area contributed by atoms with Crippen LogP contribution >= 0.6 is 0 Å². The number of amides is 1. The lowest BCUT2D eigenvalue weighted by Crippen LogP contribution is -2.34. The van der Waals surface area contributed by atoms with Crippen molar-refractivity contribution in [3.8, 4) is 0 Å². The third kappa shape index (κ3) is 4.55. The molecule has 1 rings (SSSR count). The Morgan fingerprint density at radius 2 is 1.89 bits per heavy atom. The molecule has 0 bridgehead atoms. The van der Waals surface area contributed by atoms with Crippen LogP contribution in [0, 0.1) is 5.41 Å². The van der Waals surface area contributed by atoms with Crippen molar-refractivity contribution in [1.29, 1.82) is 0 Å². The summed E-state index contributed by atoms with van der Waals surface area (Å²) in [5.41, 5.74) is -0.854. The molecule has 104 valence electrons. The largest absolute Gasteiger partial charge is 0.466 e. The highest BCUT2D eigenvalue weighted by molar-refractivity contribution is 5.79. The second-order valence-corrected chi connectivity index (χ2v) is 5.68. The smallest absolute Gasteiger partial charge is 0.407 e. The highest BCUT2D eigenvalue weighted by Crippen LogP contribution is 2.49. The first-order chi connectivity index (χ1) is 8.29. The van der Waals surface area contributed by atoms with E-state index in [1.165, 1.54) is 0 Å². The average molecular weight is 257 g/mol. The summed E-state index contributed by atoms with van der Waals surface area (Å²) in [6.07, 6.45) is 1.87. The molecular weight excluding hydrogens is 234 g/mol. The van der Waals surface area contributed by atoms with Crippen molar-refractivity contribution in [2.75, 3.05) is 13.2 Å². The normalized spacial score (nSPS) is 16.9. The molecule has 0 aromatic carbocycles. The van der Waals surface area contributed by atoms with E-state index >= 15 is 0 Å². The minimum absolute atomic E-state index is 0.143. The van der Waals surface area contributed by atoms with Gasteiger partial charge in [0.2, 0.25) is 0 Å². The summed E-state index contributed by atoms with van der Waals surface area (Å²) in [6.45, 7) is 8.08. The molecule has 1 N–H and O–H groups in total. The Balaban J connectivity index is 2.26. The second kappa shape index (κ2) is 5.59. The Kier molecular flexibility index (Phi) is 4.59. The third-order valence-electron chi connectivity index (χ3n) is 2.83. The van der Waals surface area contributed by atoms with Crippen molar-refractivity contribution < 1.29 is 19.1 Å². The van der Waals surface area contributed by atoms with Gasteiger partial charge < -0.3 is 14.8 Å². The van der Waals surface area contributed by atoms with E-state index in [0.717, 1.165) is 12.8 Å². The first kappa shape index (κ1) is 14.8. The van der Waals surface area contributed by atoms with Crippen molar-refractivity contribution in [3.63, 3.8) is 0 Å². The van der Waals surface area contributed by atoms with Gasteiger partial charge in [-0.05, 0) is 47.0 Å². The number of alkyl carbamates (subject to hydrolysis) is 1. The lowest BCUT2D eigenvalue weighted by Gasteiger charge is -2.20. The lowest BCUT2D eigenvalue weighted by atomic mass is 10.0. The lowest BCUT2D eigenvalue weighted by molar-refractivity contribution is -0.149. The standard InChI is InChI=1S/C13H23NO4/c1-5-17-10(15)13(6-7-13)8-9-14-11(16)18-12(2,3)4/h5-9H2,1-4H3,(H,14,16). The van der Waals surface area contributed by atoms with Gasteiger partial charge in [0.1, 0.15) is 5.60 Å². The van der Waals surface area contributed by atoms with Crippen molar-refractivity contribution in [2.45, 2.75) is 52.6 Å². The summed E-state index contributed by atoms with van der Waals surface area (Å²) in [5, 5.41) is 2.66. The van der Waals surface area contributed by atoms with E-state index in [0.29, 0.717) is 19.6 Å². The van der Waals surface area contributed by atoms with Crippen LogP contribution in [0.2, 0.25) is 0 Å². The zero-order chi connectivity index (χ0) is 13.8. The fraction of sp³-hybridized carbons (Fsp3) is 0.846. The SMILES string of the molecule is CCOC(=O)C1(CCNC(=O)OC(C)(C)C)CC1. The number of esters is 1. The predicted molar refractivity (Wildman–Crippen MR) is 67.2 cm³/mol. The van der Waals surface area contributed by atoms with E-state index in [4.69, 9.17) is 9.47 Å². The topological polar surface area (TPSA) is 64.6 Å². The van der Waals surface area contributed by atoms with Gasteiger partial charge in [0.15, 0.2) is 0 Å². The number of hydrogen-bond donors (Lipinski definition) is 1. The third-order valence-corrected chi connectivity index (χ3v) is 2.83. The molecule has 0 aromatic rings. The second-order valence-electron chi connectivity index (χ2n) is 5.68. The molecule has 1 fully saturated rings. The molecule has 0 spiro atoms. The summed E-state index contributed by atoms with van der Waals surface area (Å²) >= 11 is 0. The summed E-state index contributed by atoms with van der Waals surface area (Å²) < 4.78 is 10.1. The highest BCUT2D eigenvalue weighted by atomic mass is 16.6. The number of carbonyl (C=O) groups is 2. The zero-order valence-corrected chi connectivity index (χ0v) is 11.7. The summed E-state index contributed by atoms with van der Waals surface area (Å²) in [7, 11) is 0. The van der Waals surface area contributed by atoms with E-state index in [1.807, 2.05) is 20.8 Å². The molecular formula is C13H23NO4. The molecule has 0 unspecified atom stereocenters. The van der Waals surface area contributed by atoms with Gasteiger partial charge in [-0.25, -0.2) is 4.79 Å². The summed E-state index contributed by atoms with van der Waals surface area (Å²) in [5.74, 6) is -0.143. The fourth-order valence-corrected chi connectivity index (χ4v) is 1.71. The minimum Gasteiger partial charge on any atom is -0.466 e. The molecule has 1 aliphatic rings. The number of nitrogens with one attached hydrogen (secondary N) is 1. The predicted octanol–water partition coefficient (Wildman–Crippen LogP) is 2.24. The van der Waals surface area contributed by atoms with Crippen LogP contribution in [0.15, 0.2) is 0 Å². The van der Waals surface area contributed by atoms with Crippen molar-refractivity contribution in [2.24, 2.45) is 5.41 Å². The molecule has 5 nitrogen and oxygen atoms in total. The van der Waals surface area contributed by atoms with E-state index in [-0.39, 0.29) is 11.4 Å². The Hall–Kier alpha value is -1.26. The first-order valence-electron chi connectivity index (χ1n) is 6.43. The monoisotopic (exact) mass is 257 g/mol. The zero-order valence-electron chi connectivity index (χ0n) is 11.7. The van der Waals surface area contributed by atoms with Gasteiger partial charge >= 0.3 is 12.1 Å². The first-order valence-corrected chi connectivity index (χ1v) is 6.43. The van der Waals surface area contributed by atoms with E-state index in [1.54, 1.807) is 6.92 Å². The molecule has 18 heavy (non-hydrogen) atoms. The highest BCUT2D eigenvalue weighted by Gasteiger charge is 2.50. The van der Waals surface area contributed by atoms with Crippen LogP contribution < -0.4 is 5.32 Å². The molecule has 5 heteroatoms. The molecule has 0 aliphatic heterocycles. The maximum atomic E-state index is 11.7. The average Bonchev–Trinajstić information content (AvgIpc) is 2.96. The van der Waals surface area contributed by atoms with Crippen molar-refractivity contribution in [3.05, 3.63) is 0 Å². The molecule has 0 radical (unpaired) electrons. The Bertz CT molecular complexity index is 315. The maximum absolute atomic E-state index is 11.7. The summed E-state index contributed by atoms with van der Waals surface area (Å²) in [6, 6.07) is 0. The van der Waals surface area contributed by atoms with Gasteiger partial charge in [-0.1, -0.05) is 0 Å². The molecule has 0 heterocycles. The van der Waals surface area contributed by atoms with Crippen LogP contribution in [-0.2, 0) is 14.3 Å². The van der Waals surface area contributed by atoms with Crippen LogP contribution in [0.3, 0.4) is 0 Å². The number of carbonyl (C=O) groups excluding carboxylic acids is 2. The number of rotatable bonds is 5. The Morgan fingerprint density at radius 3 is 2.33 bits per heavy atom. The number of ether oxygens (including phenoxy) is 2. The van der Waals surface area contributed by atoms with Gasteiger partial charge in [0.25, 0.3) is 0 Å². The van der Waals surface area contributed by atoms with Gasteiger partial charge in [-0.3, -0.25) is 4.79 Å². The van der Waals surface area contributed by atoms with Crippen LogP contribution in [-0.4, -0.2) is 30.8 Å². The van der Waals surface area contributed by atoms with Crippen LogP contribution in [0.5, 0.6) is 0 Å².